The second-order valence-corrected chi connectivity index (χ2v) is 8.43. The molecule has 1 heterocycles. The lowest BCUT2D eigenvalue weighted by Crippen LogP contribution is -2.54. The Labute approximate surface area is 195 Å². The van der Waals surface area contributed by atoms with Crippen LogP contribution in [0.2, 0.25) is 0 Å². The molecule has 1 atom stereocenters. The lowest BCUT2D eigenvalue weighted by Gasteiger charge is -2.22. The van der Waals surface area contributed by atoms with E-state index in [1.54, 1.807) is 86.0 Å². The lowest BCUT2D eigenvalue weighted by atomic mass is 10.0. The molecular weight excluding hydrogens is 440 g/mol. The summed E-state index contributed by atoms with van der Waals surface area (Å²) in [6, 6.07) is 17.6. The molecule has 2 aromatic carbocycles. The Bertz CT molecular complexity index is 1130. The summed E-state index contributed by atoms with van der Waals surface area (Å²) >= 11 is 1.24. The van der Waals surface area contributed by atoms with Gasteiger partial charge in [-0.05, 0) is 41.6 Å². The van der Waals surface area contributed by atoms with Crippen LogP contribution in [0.1, 0.15) is 44.2 Å². The largest absolute Gasteiger partial charge is 0.340 e. The van der Waals surface area contributed by atoms with Crippen molar-refractivity contribution >= 4 is 40.7 Å². The molecule has 0 saturated carbocycles. The number of hydrogen-bond donors (Lipinski definition) is 4. The standard InChI is InChI=1S/C24H24N4O4S/c1-15(2)20(24(32)28-27-23(31)19-13-8-14-33-19)26-22(30)17-11-6-7-12-18(17)25-21(29)16-9-4-3-5-10-16/h3-15,20H,1-2H3,(H,25,29)(H,26,30)(H,27,31)(H,28,32)/t20-/m0/s1. The molecule has 9 heteroatoms. The monoisotopic (exact) mass is 464 g/mol. The highest BCUT2D eigenvalue weighted by Crippen LogP contribution is 2.17. The SMILES string of the molecule is CC(C)[C@H](NC(=O)c1ccccc1NC(=O)c1ccccc1)C(=O)NNC(=O)c1cccs1. The fraction of sp³-hybridized carbons (Fsp3) is 0.167. The first kappa shape index (κ1) is 23.7. The first-order valence-corrected chi connectivity index (χ1v) is 11.1. The van der Waals surface area contributed by atoms with Gasteiger partial charge in [-0.15, -0.1) is 11.3 Å². The van der Waals surface area contributed by atoms with Gasteiger partial charge in [0.25, 0.3) is 23.6 Å². The van der Waals surface area contributed by atoms with Gasteiger partial charge in [0.05, 0.1) is 16.1 Å². The van der Waals surface area contributed by atoms with E-state index in [2.05, 4.69) is 21.5 Å². The Morgan fingerprint density at radius 3 is 2.12 bits per heavy atom. The Balaban J connectivity index is 1.68. The van der Waals surface area contributed by atoms with Crippen LogP contribution in [0.4, 0.5) is 5.69 Å². The van der Waals surface area contributed by atoms with E-state index in [9.17, 15) is 19.2 Å². The molecule has 0 spiro atoms. The van der Waals surface area contributed by atoms with E-state index < -0.39 is 23.8 Å². The van der Waals surface area contributed by atoms with Crippen molar-refractivity contribution in [3.63, 3.8) is 0 Å². The maximum Gasteiger partial charge on any atom is 0.279 e. The molecule has 0 saturated heterocycles. The van der Waals surface area contributed by atoms with Crippen molar-refractivity contribution in [2.24, 2.45) is 5.92 Å². The highest BCUT2D eigenvalue weighted by Gasteiger charge is 2.26. The number of anilines is 1. The predicted molar refractivity (Wildman–Crippen MR) is 127 cm³/mol. The fourth-order valence-corrected chi connectivity index (χ4v) is 3.61. The van der Waals surface area contributed by atoms with Crippen LogP contribution in [0.5, 0.6) is 0 Å². The lowest BCUT2D eigenvalue weighted by molar-refractivity contribution is -0.124. The van der Waals surface area contributed by atoms with Crippen LogP contribution in [0.25, 0.3) is 0 Å². The minimum atomic E-state index is -0.918. The van der Waals surface area contributed by atoms with Gasteiger partial charge in [0, 0.05) is 5.56 Å². The van der Waals surface area contributed by atoms with Crippen molar-refractivity contribution in [1.82, 2.24) is 16.2 Å². The molecule has 0 bridgehead atoms. The number of thiophene rings is 1. The van der Waals surface area contributed by atoms with Crippen LogP contribution in [0.15, 0.2) is 72.1 Å². The number of amides is 4. The molecule has 1 aromatic heterocycles. The number of rotatable bonds is 7. The van der Waals surface area contributed by atoms with Crippen molar-refractivity contribution in [1.29, 1.82) is 0 Å². The maximum atomic E-state index is 13.0. The molecule has 3 aromatic rings. The summed E-state index contributed by atoms with van der Waals surface area (Å²) in [6.07, 6.45) is 0. The molecule has 0 fully saturated rings. The zero-order valence-electron chi connectivity index (χ0n) is 18.1. The first-order valence-electron chi connectivity index (χ1n) is 10.3. The fourth-order valence-electron chi connectivity index (χ4n) is 2.99. The average Bonchev–Trinajstić information content (AvgIpc) is 3.36. The number of hydrogen-bond acceptors (Lipinski definition) is 5. The second kappa shape index (κ2) is 11.1. The van der Waals surface area contributed by atoms with Crippen molar-refractivity contribution in [3.05, 3.63) is 88.1 Å². The summed E-state index contributed by atoms with van der Waals surface area (Å²) in [6.45, 7) is 3.55. The third-order valence-corrected chi connectivity index (χ3v) is 5.60. The summed E-state index contributed by atoms with van der Waals surface area (Å²) < 4.78 is 0. The van der Waals surface area contributed by atoms with Crippen LogP contribution < -0.4 is 21.5 Å². The van der Waals surface area contributed by atoms with Crippen molar-refractivity contribution in [3.8, 4) is 0 Å². The van der Waals surface area contributed by atoms with Crippen molar-refractivity contribution in [2.45, 2.75) is 19.9 Å². The van der Waals surface area contributed by atoms with Crippen LogP contribution in [-0.4, -0.2) is 29.7 Å². The van der Waals surface area contributed by atoms with Gasteiger partial charge in [-0.25, -0.2) is 0 Å². The van der Waals surface area contributed by atoms with Crippen molar-refractivity contribution in [2.75, 3.05) is 5.32 Å². The number of hydrazine groups is 1. The first-order chi connectivity index (χ1) is 15.9. The number of benzene rings is 2. The Morgan fingerprint density at radius 1 is 0.758 bits per heavy atom. The van der Waals surface area contributed by atoms with Gasteiger partial charge in [0.2, 0.25) is 0 Å². The molecule has 3 rings (SSSR count). The highest BCUT2D eigenvalue weighted by atomic mass is 32.1. The Hall–Kier alpha value is -3.98. The summed E-state index contributed by atoms with van der Waals surface area (Å²) in [5.41, 5.74) is 5.69. The average molecular weight is 465 g/mol. The van der Waals surface area contributed by atoms with E-state index in [0.717, 1.165) is 0 Å². The minimum Gasteiger partial charge on any atom is -0.340 e. The van der Waals surface area contributed by atoms with E-state index in [1.807, 2.05) is 0 Å². The number of carbonyl (C=O) groups is 4. The third kappa shape index (κ3) is 6.27. The van der Waals surface area contributed by atoms with Crippen molar-refractivity contribution < 1.29 is 19.2 Å². The van der Waals surface area contributed by atoms with Gasteiger partial charge >= 0.3 is 0 Å². The van der Waals surface area contributed by atoms with E-state index in [4.69, 9.17) is 0 Å². The molecule has 4 amide bonds. The second-order valence-electron chi connectivity index (χ2n) is 7.48. The smallest absolute Gasteiger partial charge is 0.279 e. The number of para-hydroxylation sites is 1. The maximum absolute atomic E-state index is 13.0. The van der Waals surface area contributed by atoms with Crippen LogP contribution in [-0.2, 0) is 4.79 Å². The van der Waals surface area contributed by atoms with Gasteiger partial charge in [-0.2, -0.15) is 0 Å². The Kier molecular flexibility index (Phi) is 7.93. The number of carbonyl (C=O) groups excluding carboxylic acids is 4. The van der Waals surface area contributed by atoms with Gasteiger partial charge in [0.15, 0.2) is 0 Å². The summed E-state index contributed by atoms with van der Waals surface area (Å²) in [7, 11) is 0. The zero-order chi connectivity index (χ0) is 23.8. The summed E-state index contributed by atoms with van der Waals surface area (Å²) in [5, 5.41) is 7.18. The van der Waals surface area contributed by atoms with Crippen LogP contribution in [0, 0.1) is 5.92 Å². The van der Waals surface area contributed by atoms with Gasteiger partial charge in [-0.3, -0.25) is 30.0 Å². The highest BCUT2D eigenvalue weighted by molar-refractivity contribution is 7.12. The van der Waals surface area contributed by atoms with E-state index in [0.29, 0.717) is 16.1 Å². The molecular formula is C24H24N4O4S. The van der Waals surface area contributed by atoms with E-state index in [1.165, 1.54) is 11.3 Å². The minimum absolute atomic E-state index is 0.211. The van der Waals surface area contributed by atoms with Crippen LogP contribution >= 0.6 is 11.3 Å². The zero-order valence-corrected chi connectivity index (χ0v) is 18.9. The van der Waals surface area contributed by atoms with Gasteiger partial charge in [0.1, 0.15) is 6.04 Å². The number of nitrogens with one attached hydrogen (secondary N) is 4. The summed E-state index contributed by atoms with van der Waals surface area (Å²) in [4.78, 5) is 50.7. The molecule has 170 valence electrons. The van der Waals surface area contributed by atoms with Crippen LogP contribution in [0.3, 0.4) is 0 Å². The van der Waals surface area contributed by atoms with Gasteiger partial charge in [-0.1, -0.05) is 50.2 Å². The molecule has 0 unspecified atom stereocenters. The predicted octanol–water partition coefficient (Wildman–Crippen LogP) is 3.22. The third-order valence-electron chi connectivity index (χ3n) is 4.74. The Morgan fingerprint density at radius 2 is 1.45 bits per heavy atom. The van der Waals surface area contributed by atoms with E-state index >= 15 is 0 Å². The van der Waals surface area contributed by atoms with Gasteiger partial charge < -0.3 is 10.6 Å². The molecule has 0 radical (unpaired) electrons. The normalized spacial score (nSPS) is 11.4. The van der Waals surface area contributed by atoms with E-state index in [-0.39, 0.29) is 17.4 Å². The topological polar surface area (TPSA) is 116 Å². The molecule has 4 N–H and O–H groups in total. The summed E-state index contributed by atoms with van der Waals surface area (Å²) in [5.74, 6) is -2.16. The molecule has 0 aliphatic rings. The molecule has 33 heavy (non-hydrogen) atoms. The molecule has 0 aliphatic carbocycles. The quantitative estimate of drug-likeness (QED) is 0.402. The molecule has 0 aliphatic heterocycles. The molecule has 8 nitrogen and oxygen atoms in total.